The predicted octanol–water partition coefficient (Wildman–Crippen LogP) is 6.91. The van der Waals surface area contributed by atoms with Crippen molar-refractivity contribution in [3.63, 3.8) is 0 Å². The molecule has 45 heavy (non-hydrogen) atoms. The highest BCUT2D eigenvalue weighted by molar-refractivity contribution is 6.48. The molecule has 1 aliphatic rings. The summed E-state index contributed by atoms with van der Waals surface area (Å²) in [5.41, 5.74) is -15.7. The van der Waals surface area contributed by atoms with Crippen molar-refractivity contribution >= 4 is 12.7 Å². The lowest BCUT2D eigenvalue weighted by Crippen LogP contribution is -2.62. The molecule has 3 N–H and O–H groups in total. The molecule has 3 aromatic carbocycles. The molecule has 0 amide bonds. The maximum absolute atomic E-state index is 15.5. The molecule has 2 unspecified atom stereocenters. The monoisotopic (exact) mass is 666 g/mol. The Morgan fingerprint density at radius 3 is 1.11 bits per heavy atom. The Morgan fingerprint density at radius 2 is 0.778 bits per heavy atom. The van der Waals surface area contributed by atoms with Crippen LogP contribution in [0, 0.1) is 87.3 Å². The molecular formula is C26H10BF15O3. The van der Waals surface area contributed by atoms with Crippen LogP contribution in [0.15, 0.2) is 17.4 Å². The Bertz CT molecular complexity index is 1800. The van der Waals surface area contributed by atoms with Gasteiger partial charge in [0.2, 0.25) is 17.5 Å². The highest BCUT2D eigenvalue weighted by Crippen LogP contribution is 2.62. The first-order chi connectivity index (χ1) is 20.6. The van der Waals surface area contributed by atoms with Crippen LogP contribution in [0.25, 0.3) is 5.57 Å². The minimum Gasteiger partial charge on any atom is -0.508 e. The van der Waals surface area contributed by atoms with Crippen molar-refractivity contribution in [3.05, 3.63) is 121 Å². The molecule has 19 heteroatoms. The fourth-order valence-electron chi connectivity index (χ4n) is 5.80. The number of aliphatic hydroxyl groups is 1. The Balaban J connectivity index is 2.49. The molecule has 0 radical (unpaired) electrons. The largest absolute Gasteiger partial charge is 0.508 e. The van der Waals surface area contributed by atoms with E-state index in [-0.39, 0.29) is 13.0 Å². The van der Waals surface area contributed by atoms with Crippen LogP contribution < -0.4 is 0 Å². The summed E-state index contributed by atoms with van der Waals surface area (Å²) in [4.78, 5) is 0. The zero-order valence-corrected chi connectivity index (χ0v) is 21.7. The number of hydrogen-bond acceptors (Lipinski definition) is 3. The predicted molar refractivity (Wildman–Crippen MR) is 121 cm³/mol. The van der Waals surface area contributed by atoms with E-state index in [4.69, 9.17) is 0 Å². The van der Waals surface area contributed by atoms with Gasteiger partial charge in [0.25, 0.3) is 0 Å². The first-order valence-corrected chi connectivity index (χ1v) is 11.7. The Morgan fingerprint density at radius 1 is 0.489 bits per heavy atom. The van der Waals surface area contributed by atoms with Crippen molar-refractivity contribution in [2.75, 3.05) is 0 Å². The Kier molecular flexibility index (Phi) is 8.06. The van der Waals surface area contributed by atoms with Crippen LogP contribution in [-0.4, -0.2) is 22.3 Å². The number of halogens is 15. The number of rotatable bonds is 4. The summed E-state index contributed by atoms with van der Waals surface area (Å²) in [6, 6.07) is 0. The van der Waals surface area contributed by atoms with Crippen molar-refractivity contribution in [2.45, 2.75) is 24.6 Å². The van der Waals surface area contributed by atoms with Crippen LogP contribution in [-0.2, 0) is 10.7 Å². The van der Waals surface area contributed by atoms with E-state index in [1.807, 2.05) is 0 Å². The number of hydrogen-bond donors (Lipinski definition) is 3. The second-order valence-electron chi connectivity index (χ2n) is 9.73. The first kappa shape index (κ1) is 33.8. The van der Waals surface area contributed by atoms with Crippen LogP contribution in [0.5, 0.6) is 0 Å². The van der Waals surface area contributed by atoms with E-state index in [1.165, 1.54) is 0 Å². The molecule has 3 nitrogen and oxygen atoms in total. The summed E-state index contributed by atoms with van der Waals surface area (Å²) >= 11 is 0. The molecule has 240 valence electrons. The number of benzene rings is 3. The van der Waals surface area contributed by atoms with E-state index in [0.29, 0.717) is 6.92 Å². The van der Waals surface area contributed by atoms with Gasteiger partial charge in [0.15, 0.2) is 69.8 Å². The van der Waals surface area contributed by atoms with Crippen LogP contribution in [0.3, 0.4) is 0 Å². The lowest BCUT2D eigenvalue weighted by atomic mass is 9.36. The van der Waals surface area contributed by atoms with Crippen LogP contribution in [0.1, 0.15) is 30.5 Å². The van der Waals surface area contributed by atoms with Crippen molar-refractivity contribution in [2.24, 2.45) is 0 Å². The standard InChI is InChI=1S/C26H10BF15O3/c1-4-3-5(43)7(6-10(28)16(34)22(40)17(35)11(6)29)25(2,8-12(30)18(36)23(41)19(37)13(8)31)26(4,27(44)45)9-14(32)20(38)24(42)21(39)15(9)33/h3,43-45H,1-2H3. The zero-order chi connectivity index (χ0) is 34.4. The van der Waals surface area contributed by atoms with Gasteiger partial charge in [0, 0.05) is 22.1 Å². The summed E-state index contributed by atoms with van der Waals surface area (Å²) in [6.45, 7) is 0.288. The van der Waals surface area contributed by atoms with E-state index in [2.05, 4.69) is 0 Å². The van der Waals surface area contributed by atoms with Gasteiger partial charge >= 0.3 is 7.12 Å². The maximum atomic E-state index is 15.5. The van der Waals surface area contributed by atoms with Gasteiger partial charge in [-0.05, 0) is 13.0 Å². The molecule has 0 fully saturated rings. The van der Waals surface area contributed by atoms with Crippen LogP contribution in [0.2, 0.25) is 0 Å². The van der Waals surface area contributed by atoms with Crippen molar-refractivity contribution in [3.8, 4) is 0 Å². The highest BCUT2D eigenvalue weighted by atomic mass is 19.2. The SMILES string of the molecule is CC1=CC(O)=C(c2c(F)c(F)c(F)c(F)c2F)C(C)(c2c(F)c(F)c(F)c(F)c2F)C1(B(O)O)c1c(F)c(F)c(F)c(F)c1F. The average Bonchev–Trinajstić information content (AvgIpc) is 2.98. The quantitative estimate of drug-likeness (QED) is 0.123. The van der Waals surface area contributed by atoms with Gasteiger partial charge in [-0.25, -0.2) is 65.9 Å². The van der Waals surface area contributed by atoms with E-state index < -0.39 is 139 Å². The molecule has 4 rings (SSSR count). The number of aliphatic hydroxyl groups excluding tert-OH is 1. The van der Waals surface area contributed by atoms with Gasteiger partial charge in [-0.2, -0.15) is 0 Å². The van der Waals surface area contributed by atoms with Gasteiger partial charge in [-0.1, -0.05) is 12.5 Å². The summed E-state index contributed by atoms with van der Waals surface area (Å²) < 4.78 is 221. The van der Waals surface area contributed by atoms with Crippen LogP contribution in [0.4, 0.5) is 65.9 Å². The Labute approximate surface area is 240 Å². The van der Waals surface area contributed by atoms with Gasteiger partial charge in [-0.3, -0.25) is 0 Å². The average molecular weight is 666 g/mol. The summed E-state index contributed by atoms with van der Waals surface area (Å²) in [5, 5.41) is 27.7. The molecule has 1 aliphatic carbocycles. The van der Waals surface area contributed by atoms with Gasteiger partial charge in [0.1, 0.15) is 5.76 Å². The molecule has 3 aromatic rings. The molecular weight excluding hydrogens is 656 g/mol. The molecule has 0 bridgehead atoms. The molecule has 0 aliphatic heterocycles. The lowest BCUT2D eigenvalue weighted by molar-refractivity contribution is 0.262. The zero-order valence-electron chi connectivity index (χ0n) is 21.7. The van der Waals surface area contributed by atoms with Crippen molar-refractivity contribution < 1.29 is 81.0 Å². The van der Waals surface area contributed by atoms with Gasteiger partial charge in [0.05, 0.1) is 10.9 Å². The molecule has 0 spiro atoms. The fourth-order valence-corrected chi connectivity index (χ4v) is 5.80. The fraction of sp³-hybridized carbons (Fsp3) is 0.154. The molecule has 0 heterocycles. The highest BCUT2D eigenvalue weighted by Gasteiger charge is 2.68. The molecule has 0 aromatic heterocycles. The first-order valence-electron chi connectivity index (χ1n) is 11.7. The van der Waals surface area contributed by atoms with E-state index in [0.717, 1.165) is 0 Å². The van der Waals surface area contributed by atoms with Crippen molar-refractivity contribution in [1.29, 1.82) is 0 Å². The van der Waals surface area contributed by atoms with E-state index >= 15 is 26.3 Å². The Hall–Kier alpha value is -4.13. The minimum absolute atomic E-state index is 0.0430. The van der Waals surface area contributed by atoms with Gasteiger partial charge in [-0.15, -0.1) is 0 Å². The summed E-state index contributed by atoms with van der Waals surface area (Å²) in [6.07, 6.45) is -0.0430. The third-order valence-electron chi connectivity index (χ3n) is 7.68. The van der Waals surface area contributed by atoms with Crippen LogP contribution >= 0.6 is 0 Å². The molecule has 0 saturated carbocycles. The third kappa shape index (κ3) is 4.05. The topological polar surface area (TPSA) is 60.7 Å². The maximum Gasteiger partial charge on any atom is 0.468 e. The lowest BCUT2D eigenvalue weighted by Gasteiger charge is -2.53. The second kappa shape index (κ2) is 10.7. The molecule has 0 saturated heterocycles. The van der Waals surface area contributed by atoms with E-state index in [9.17, 15) is 54.7 Å². The summed E-state index contributed by atoms with van der Waals surface area (Å²) in [5.74, 6) is -46.8. The second-order valence-corrected chi connectivity index (χ2v) is 9.73. The number of allylic oxidation sites excluding steroid dienone is 3. The molecule has 2 atom stereocenters. The smallest absolute Gasteiger partial charge is 0.468 e. The normalized spacial score (nSPS) is 20.2. The summed E-state index contributed by atoms with van der Waals surface area (Å²) in [7, 11) is -3.88. The van der Waals surface area contributed by atoms with E-state index in [1.54, 1.807) is 0 Å². The van der Waals surface area contributed by atoms with Crippen molar-refractivity contribution in [1.82, 2.24) is 0 Å². The minimum atomic E-state index is -4.36. The third-order valence-corrected chi connectivity index (χ3v) is 7.68. The van der Waals surface area contributed by atoms with Gasteiger partial charge < -0.3 is 15.2 Å².